The highest BCUT2D eigenvalue weighted by Gasteiger charge is 2.23. The molecule has 1 aliphatic rings. The van der Waals surface area contributed by atoms with Crippen LogP contribution in [0.5, 0.6) is 0 Å². The fraction of sp³-hybridized carbons (Fsp3) is 0.267. The van der Waals surface area contributed by atoms with E-state index in [4.69, 9.17) is 0 Å². The molecule has 2 N–H and O–H groups in total. The molecule has 8 heteroatoms. The Kier molecular flexibility index (Phi) is 5.02. The fourth-order valence-electron chi connectivity index (χ4n) is 1.94. The molecule has 1 aromatic heterocycles. The van der Waals surface area contributed by atoms with Crippen molar-refractivity contribution >= 4 is 39.6 Å². The minimum absolute atomic E-state index is 0.131. The van der Waals surface area contributed by atoms with E-state index in [0.29, 0.717) is 5.16 Å². The third kappa shape index (κ3) is 4.59. The van der Waals surface area contributed by atoms with Crippen LogP contribution in [0.4, 0.5) is 4.79 Å². The number of thioether (sulfide) groups is 1. The summed E-state index contributed by atoms with van der Waals surface area (Å²) in [5.41, 5.74) is 0.958. The van der Waals surface area contributed by atoms with Gasteiger partial charge in [-0.2, -0.15) is 0 Å². The zero-order chi connectivity index (χ0) is 16.2. The standard InChI is InChI=1S/C15H15BrN4O2S/c16-10-1-5-12(6-2-10)20-8-7-17-15(20)23-9-13(21)19-14(22)18-11-3-4-11/h1-2,5-8,11H,3-4,9H2,(H2,18,19,21,22). The largest absolute Gasteiger partial charge is 0.335 e. The predicted octanol–water partition coefficient (Wildman–Crippen LogP) is 2.72. The second-order valence-corrected chi connectivity index (χ2v) is 7.00. The molecular weight excluding hydrogens is 380 g/mol. The van der Waals surface area contributed by atoms with E-state index in [9.17, 15) is 9.59 Å². The van der Waals surface area contributed by atoms with Crippen molar-refractivity contribution in [1.29, 1.82) is 0 Å². The van der Waals surface area contributed by atoms with Gasteiger partial charge in [0.25, 0.3) is 0 Å². The zero-order valence-electron chi connectivity index (χ0n) is 12.2. The van der Waals surface area contributed by atoms with Gasteiger partial charge in [0.2, 0.25) is 5.91 Å². The first kappa shape index (κ1) is 16.1. The number of hydrogen-bond donors (Lipinski definition) is 2. The van der Waals surface area contributed by atoms with Gasteiger partial charge < -0.3 is 5.32 Å². The fourth-order valence-corrected chi connectivity index (χ4v) is 2.97. The van der Waals surface area contributed by atoms with Crippen molar-refractivity contribution in [3.8, 4) is 5.69 Å². The highest BCUT2D eigenvalue weighted by atomic mass is 79.9. The summed E-state index contributed by atoms with van der Waals surface area (Å²) in [4.78, 5) is 27.6. The van der Waals surface area contributed by atoms with Crippen LogP contribution in [-0.4, -0.2) is 33.3 Å². The van der Waals surface area contributed by atoms with Crippen LogP contribution in [0.2, 0.25) is 0 Å². The van der Waals surface area contributed by atoms with Gasteiger partial charge in [-0.15, -0.1) is 0 Å². The summed E-state index contributed by atoms with van der Waals surface area (Å²) in [5, 5.41) is 5.74. The van der Waals surface area contributed by atoms with Crippen LogP contribution in [0.25, 0.3) is 5.69 Å². The molecule has 6 nitrogen and oxygen atoms in total. The Morgan fingerprint density at radius 3 is 2.74 bits per heavy atom. The Labute approximate surface area is 146 Å². The molecule has 0 aliphatic heterocycles. The second-order valence-electron chi connectivity index (χ2n) is 5.14. The van der Waals surface area contributed by atoms with Crippen molar-refractivity contribution in [3.63, 3.8) is 0 Å². The number of benzene rings is 1. The first-order valence-electron chi connectivity index (χ1n) is 7.14. The van der Waals surface area contributed by atoms with E-state index in [2.05, 4.69) is 31.5 Å². The number of carbonyl (C=O) groups is 2. The Balaban J connectivity index is 1.56. The van der Waals surface area contributed by atoms with E-state index in [1.807, 2.05) is 35.0 Å². The van der Waals surface area contributed by atoms with Crippen LogP contribution in [0.15, 0.2) is 46.3 Å². The van der Waals surface area contributed by atoms with Crippen molar-refractivity contribution in [2.75, 3.05) is 5.75 Å². The third-order valence-electron chi connectivity index (χ3n) is 3.21. The third-order valence-corrected chi connectivity index (χ3v) is 4.70. The lowest BCUT2D eigenvalue weighted by atomic mass is 10.3. The molecule has 1 fully saturated rings. The first-order valence-corrected chi connectivity index (χ1v) is 8.92. The topological polar surface area (TPSA) is 76.0 Å². The van der Waals surface area contributed by atoms with Crippen LogP contribution in [-0.2, 0) is 4.79 Å². The lowest BCUT2D eigenvalue weighted by Gasteiger charge is -2.08. The molecule has 23 heavy (non-hydrogen) atoms. The maximum atomic E-state index is 11.8. The van der Waals surface area contributed by atoms with Crippen molar-refractivity contribution in [2.24, 2.45) is 0 Å². The number of carbonyl (C=O) groups excluding carboxylic acids is 2. The molecule has 0 spiro atoms. The molecule has 1 aliphatic carbocycles. The van der Waals surface area contributed by atoms with Gasteiger partial charge in [-0.05, 0) is 37.1 Å². The molecule has 3 amide bonds. The summed E-state index contributed by atoms with van der Waals surface area (Å²) in [7, 11) is 0. The van der Waals surface area contributed by atoms with Crippen molar-refractivity contribution in [3.05, 3.63) is 41.1 Å². The van der Waals surface area contributed by atoms with Gasteiger partial charge in [0, 0.05) is 28.6 Å². The summed E-state index contributed by atoms with van der Waals surface area (Å²) in [6.07, 6.45) is 5.49. The van der Waals surface area contributed by atoms with Gasteiger partial charge in [-0.3, -0.25) is 14.7 Å². The van der Waals surface area contributed by atoms with E-state index >= 15 is 0 Å². The molecule has 120 valence electrons. The van der Waals surface area contributed by atoms with Crippen LogP contribution in [0.3, 0.4) is 0 Å². The zero-order valence-corrected chi connectivity index (χ0v) is 14.6. The van der Waals surface area contributed by atoms with Gasteiger partial charge >= 0.3 is 6.03 Å². The molecule has 0 saturated heterocycles. The molecule has 1 aromatic carbocycles. The van der Waals surface area contributed by atoms with Crippen LogP contribution in [0, 0.1) is 0 Å². The number of rotatable bonds is 5. The average molecular weight is 395 g/mol. The van der Waals surface area contributed by atoms with E-state index in [-0.39, 0.29) is 17.7 Å². The second kappa shape index (κ2) is 7.18. The number of urea groups is 1. The number of nitrogens with one attached hydrogen (secondary N) is 2. The molecule has 0 atom stereocenters. The summed E-state index contributed by atoms with van der Waals surface area (Å²) >= 11 is 4.69. The Morgan fingerprint density at radius 2 is 2.04 bits per heavy atom. The summed E-state index contributed by atoms with van der Waals surface area (Å²) < 4.78 is 2.89. The van der Waals surface area contributed by atoms with Gasteiger partial charge in [0.1, 0.15) is 0 Å². The molecule has 0 radical (unpaired) electrons. The monoisotopic (exact) mass is 394 g/mol. The summed E-state index contributed by atoms with van der Waals surface area (Å²) in [6.45, 7) is 0. The van der Waals surface area contributed by atoms with Gasteiger partial charge in [-0.1, -0.05) is 27.7 Å². The van der Waals surface area contributed by atoms with Gasteiger partial charge in [0.15, 0.2) is 5.16 Å². The van der Waals surface area contributed by atoms with E-state index in [1.165, 1.54) is 11.8 Å². The molecule has 1 saturated carbocycles. The van der Waals surface area contributed by atoms with Crippen molar-refractivity contribution < 1.29 is 9.59 Å². The minimum Gasteiger partial charge on any atom is -0.335 e. The number of nitrogens with zero attached hydrogens (tertiary/aromatic N) is 2. The highest BCUT2D eigenvalue weighted by Crippen LogP contribution is 2.22. The molecule has 2 aromatic rings. The minimum atomic E-state index is -0.422. The van der Waals surface area contributed by atoms with E-state index in [1.54, 1.807) is 6.20 Å². The highest BCUT2D eigenvalue weighted by molar-refractivity contribution is 9.10. The smallest absolute Gasteiger partial charge is 0.321 e. The lowest BCUT2D eigenvalue weighted by molar-refractivity contribution is -0.117. The summed E-state index contributed by atoms with van der Waals surface area (Å²) in [5.74, 6) is -0.204. The van der Waals surface area contributed by atoms with Gasteiger partial charge in [0.05, 0.1) is 5.75 Å². The van der Waals surface area contributed by atoms with Crippen LogP contribution in [0.1, 0.15) is 12.8 Å². The maximum Gasteiger partial charge on any atom is 0.321 e. The Morgan fingerprint density at radius 1 is 1.30 bits per heavy atom. The lowest BCUT2D eigenvalue weighted by Crippen LogP contribution is -2.41. The first-order chi connectivity index (χ1) is 11.1. The van der Waals surface area contributed by atoms with Crippen LogP contribution < -0.4 is 10.6 Å². The number of hydrogen-bond acceptors (Lipinski definition) is 4. The molecule has 3 rings (SSSR count). The molecular formula is C15H15BrN4O2S. The number of imide groups is 1. The maximum absolute atomic E-state index is 11.8. The van der Waals surface area contributed by atoms with Crippen LogP contribution >= 0.6 is 27.7 Å². The van der Waals surface area contributed by atoms with Gasteiger partial charge in [-0.25, -0.2) is 9.78 Å². The molecule has 1 heterocycles. The number of amides is 3. The molecule has 0 bridgehead atoms. The Hall–Kier alpha value is -1.80. The van der Waals surface area contributed by atoms with E-state index in [0.717, 1.165) is 23.0 Å². The number of imidazole rings is 1. The SMILES string of the molecule is O=C(CSc1nccn1-c1ccc(Br)cc1)NC(=O)NC1CC1. The normalized spacial score (nSPS) is 13.6. The number of aromatic nitrogens is 2. The summed E-state index contributed by atoms with van der Waals surface area (Å²) in [6, 6.07) is 7.61. The molecule has 0 unspecified atom stereocenters. The van der Waals surface area contributed by atoms with Crippen molar-refractivity contribution in [2.45, 2.75) is 24.0 Å². The predicted molar refractivity (Wildman–Crippen MR) is 91.7 cm³/mol. The number of halogens is 1. The Bertz CT molecular complexity index is 713. The average Bonchev–Trinajstić information content (AvgIpc) is 3.20. The van der Waals surface area contributed by atoms with Crippen molar-refractivity contribution in [1.82, 2.24) is 20.2 Å². The quantitative estimate of drug-likeness (QED) is 0.764. The van der Waals surface area contributed by atoms with E-state index < -0.39 is 6.03 Å².